The molecule has 0 aliphatic carbocycles. The molecule has 1 saturated heterocycles. The second-order valence-corrected chi connectivity index (χ2v) is 7.59. The molecular formula is C23H27N7O3. The van der Waals surface area contributed by atoms with Crippen LogP contribution in [0.5, 0.6) is 11.5 Å². The molecule has 4 rings (SSSR count). The zero-order chi connectivity index (χ0) is 23.4. The van der Waals surface area contributed by atoms with Gasteiger partial charge in [0.2, 0.25) is 5.95 Å². The molecule has 0 radical (unpaired) electrons. The van der Waals surface area contributed by atoms with E-state index in [0.29, 0.717) is 41.7 Å². The number of nitrogen functional groups attached to an aromatic ring is 1. The summed E-state index contributed by atoms with van der Waals surface area (Å²) in [6.45, 7) is 4.71. The van der Waals surface area contributed by atoms with E-state index in [2.05, 4.69) is 30.1 Å². The van der Waals surface area contributed by atoms with Crippen LogP contribution in [-0.4, -0.2) is 61.3 Å². The Hall–Kier alpha value is -4.08. The summed E-state index contributed by atoms with van der Waals surface area (Å²) in [5, 5.41) is 2.93. The highest BCUT2D eigenvalue weighted by Crippen LogP contribution is 2.30. The number of piperazine rings is 1. The predicted molar refractivity (Wildman–Crippen MR) is 127 cm³/mol. The Morgan fingerprint density at radius 1 is 1.03 bits per heavy atom. The van der Waals surface area contributed by atoms with Gasteiger partial charge in [-0.2, -0.15) is 4.98 Å². The summed E-state index contributed by atoms with van der Waals surface area (Å²) in [5.74, 6) is 2.62. The number of nitrogens with two attached hydrogens (primary N) is 1. The highest BCUT2D eigenvalue weighted by molar-refractivity contribution is 6.08. The van der Waals surface area contributed by atoms with E-state index < -0.39 is 0 Å². The Balaban J connectivity index is 1.50. The first-order valence-corrected chi connectivity index (χ1v) is 10.6. The normalized spacial score (nSPS) is 13.5. The van der Waals surface area contributed by atoms with Crippen LogP contribution in [0.4, 0.5) is 23.3 Å². The van der Waals surface area contributed by atoms with Crippen molar-refractivity contribution in [3.63, 3.8) is 0 Å². The maximum Gasteiger partial charge on any atom is 0.259 e. The van der Waals surface area contributed by atoms with E-state index in [1.165, 1.54) is 0 Å². The average Bonchev–Trinajstić information content (AvgIpc) is 2.83. The molecular weight excluding hydrogens is 422 g/mol. The van der Waals surface area contributed by atoms with Crippen LogP contribution >= 0.6 is 0 Å². The van der Waals surface area contributed by atoms with Crippen LogP contribution in [0.2, 0.25) is 0 Å². The molecule has 2 aromatic heterocycles. The number of pyridine rings is 1. The van der Waals surface area contributed by atoms with Crippen molar-refractivity contribution in [2.45, 2.75) is 6.92 Å². The summed E-state index contributed by atoms with van der Waals surface area (Å²) in [6, 6.07) is 10.7. The lowest BCUT2D eigenvalue weighted by molar-refractivity contribution is 0.102. The van der Waals surface area contributed by atoms with Gasteiger partial charge in [-0.15, -0.1) is 0 Å². The molecule has 1 aromatic carbocycles. The second-order valence-electron chi connectivity index (χ2n) is 7.59. The number of hydrogen-bond donors (Lipinski definition) is 2. The molecule has 172 valence electrons. The number of amides is 1. The lowest BCUT2D eigenvalue weighted by atomic mass is 10.2. The largest absolute Gasteiger partial charge is 0.497 e. The van der Waals surface area contributed by atoms with E-state index in [-0.39, 0.29) is 11.9 Å². The third-order valence-electron chi connectivity index (χ3n) is 5.45. The van der Waals surface area contributed by atoms with Crippen LogP contribution in [0.25, 0.3) is 0 Å². The number of ether oxygens (including phenoxy) is 2. The van der Waals surface area contributed by atoms with Gasteiger partial charge in [-0.3, -0.25) is 4.79 Å². The number of hydrogen-bond acceptors (Lipinski definition) is 9. The second kappa shape index (κ2) is 9.60. The number of nitrogens with one attached hydrogen (secondary N) is 1. The van der Waals surface area contributed by atoms with E-state index >= 15 is 0 Å². The van der Waals surface area contributed by atoms with E-state index in [1.54, 1.807) is 50.7 Å². The Morgan fingerprint density at radius 2 is 1.79 bits per heavy atom. The van der Waals surface area contributed by atoms with Crippen molar-refractivity contribution in [3.05, 3.63) is 53.9 Å². The number of aromatic nitrogens is 3. The first-order valence-electron chi connectivity index (χ1n) is 10.6. The maximum absolute atomic E-state index is 13.2. The molecule has 10 nitrogen and oxygen atoms in total. The van der Waals surface area contributed by atoms with E-state index in [9.17, 15) is 4.79 Å². The van der Waals surface area contributed by atoms with E-state index in [1.807, 2.05) is 13.0 Å². The number of carbonyl (C=O) groups excluding carboxylic acids is 1. The Morgan fingerprint density at radius 3 is 2.48 bits per heavy atom. The molecule has 3 heterocycles. The van der Waals surface area contributed by atoms with Gasteiger partial charge in [0.1, 0.15) is 23.1 Å². The fourth-order valence-corrected chi connectivity index (χ4v) is 3.80. The van der Waals surface area contributed by atoms with Crippen LogP contribution in [0.3, 0.4) is 0 Å². The number of aryl methyl sites for hydroxylation is 1. The number of rotatable bonds is 6. The molecule has 3 aromatic rings. The van der Waals surface area contributed by atoms with Gasteiger partial charge >= 0.3 is 0 Å². The fraction of sp³-hybridized carbons (Fsp3) is 0.304. The minimum atomic E-state index is -0.261. The molecule has 0 spiro atoms. The van der Waals surface area contributed by atoms with E-state index in [0.717, 1.165) is 24.6 Å². The molecule has 33 heavy (non-hydrogen) atoms. The van der Waals surface area contributed by atoms with Crippen molar-refractivity contribution in [3.8, 4) is 11.5 Å². The lowest BCUT2D eigenvalue weighted by Gasteiger charge is -2.36. The standard InChI is InChI=1S/C23H27N7O3/c1-15-13-20(28-23(24)26-15)29-9-11-30(12-10-29)21-17(5-4-8-25-21)22(31)27-18-7-6-16(32-2)14-19(18)33-3/h4-8,13-14H,9-12H2,1-3H3,(H,27,31)(H2,24,26,28). The zero-order valence-electron chi connectivity index (χ0n) is 18.9. The summed E-state index contributed by atoms with van der Waals surface area (Å²) in [5.41, 5.74) is 7.69. The third-order valence-corrected chi connectivity index (χ3v) is 5.45. The summed E-state index contributed by atoms with van der Waals surface area (Å²) in [4.78, 5) is 30.4. The van der Waals surface area contributed by atoms with Gasteiger partial charge < -0.3 is 30.3 Å². The number of benzene rings is 1. The van der Waals surface area contributed by atoms with Gasteiger partial charge in [0.15, 0.2) is 0 Å². The fourth-order valence-electron chi connectivity index (χ4n) is 3.80. The van der Waals surface area contributed by atoms with E-state index in [4.69, 9.17) is 15.2 Å². The van der Waals surface area contributed by atoms with Crippen molar-refractivity contribution in [2.24, 2.45) is 0 Å². The third kappa shape index (κ3) is 4.89. The predicted octanol–water partition coefficient (Wildman–Crippen LogP) is 2.36. The van der Waals surface area contributed by atoms with Gasteiger partial charge in [-0.05, 0) is 31.2 Å². The van der Waals surface area contributed by atoms with Gasteiger partial charge in [0, 0.05) is 50.2 Å². The molecule has 0 atom stereocenters. The first-order chi connectivity index (χ1) is 16.0. The van der Waals surface area contributed by atoms with Crippen molar-refractivity contribution in [2.75, 3.05) is 61.2 Å². The van der Waals surface area contributed by atoms with Crippen LogP contribution in [0.15, 0.2) is 42.6 Å². The zero-order valence-corrected chi connectivity index (χ0v) is 18.9. The molecule has 1 aliphatic rings. The van der Waals surface area contributed by atoms with Gasteiger partial charge in [-0.25, -0.2) is 9.97 Å². The van der Waals surface area contributed by atoms with Crippen molar-refractivity contribution in [1.82, 2.24) is 15.0 Å². The number of anilines is 4. The summed E-state index contributed by atoms with van der Waals surface area (Å²) < 4.78 is 10.6. The minimum absolute atomic E-state index is 0.261. The number of nitrogens with zero attached hydrogens (tertiary/aromatic N) is 5. The number of methoxy groups -OCH3 is 2. The maximum atomic E-state index is 13.2. The summed E-state index contributed by atoms with van der Waals surface area (Å²) in [7, 11) is 3.13. The Kier molecular flexibility index (Phi) is 6.43. The van der Waals surface area contributed by atoms with Gasteiger partial charge in [0.25, 0.3) is 5.91 Å². The van der Waals surface area contributed by atoms with Crippen LogP contribution < -0.4 is 30.3 Å². The van der Waals surface area contributed by atoms with Crippen LogP contribution in [-0.2, 0) is 0 Å². The SMILES string of the molecule is COc1ccc(NC(=O)c2cccnc2N2CCN(c3cc(C)nc(N)n3)CC2)c(OC)c1. The molecule has 1 fully saturated rings. The lowest BCUT2D eigenvalue weighted by Crippen LogP contribution is -2.47. The van der Waals surface area contributed by atoms with Gasteiger partial charge in [0.05, 0.1) is 25.5 Å². The molecule has 0 unspecified atom stereocenters. The number of carbonyl (C=O) groups is 1. The summed E-state index contributed by atoms with van der Waals surface area (Å²) in [6.07, 6.45) is 1.70. The van der Waals surface area contributed by atoms with Crippen molar-refractivity contribution < 1.29 is 14.3 Å². The van der Waals surface area contributed by atoms with Crippen LogP contribution in [0, 0.1) is 6.92 Å². The van der Waals surface area contributed by atoms with Gasteiger partial charge in [-0.1, -0.05) is 0 Å². The van der Waals surface area contributed by atoms with Crippen molar-refractivity contribution in [1.29, 1.82) is 0 Å². The minimum Gasteiger partial charge on any atom is -0.497 e. The first kappa shape index (κ1) is 22.1. The smallest absolute Gasteiger partial charge is 0.259 e. The molecule has 0 bridgehead atoms. The van der Waals surface area contributed by atoms with Crippen molar-refractivity contribution >= 4 is 29.2 Å². The average molecular weight is 450 g/mol. The molecule has 1 amide bonds. The topological polar surface area (TPSA) is 119 Å². The molecule has 3 N–H and O–H groups in total. The summed E-state index contributed by atoms with van der Waals surface area (Å²) >= 11 is 0. The molecule has 10 heteroatoms. The molecule has 1 aliphatic heterocycles. The highest BCUT2D eigenvalue weighted by atomic mass is 16.5. The highest BCUT2D eigenvalue weighted by Gasteiger charge is 2.24. The Bertz CT molecular complexity index is 1130. The molecule has 0 saturated carbocycles. The monoisotopic (exact) mass is 449 g/mol. The quantitative estimate of drug-likeness (QED) is 0.584. The Labute approximate surface area is 192 Å². The van der Waals surface area contributed by atoms with Crippen LogP contribution in [0.1, 0.15) is 16.1 Å².